The highest BCUT2D eigenvalue weighted by atomic mass is 35.5. The number of hydrogen-bond acceptors (Lipinski definition) is 6. The van der Waals surface area contributed by atoms with Crippen molar-refractivity contribution >= 4 is 44.1 Å². The molecule has 1 aliphatic heterocycles. The predicted molar refractivity (Wildman–Crippen MR) is 142 cm³/mol. The van der Waals surface area contributed by atoms with Gasteiger partial charge in [-0.15, -0.1) is 0 Å². The Bertz CT molecular complexity index is 1600. The highest BCUT2D eigenvalue weighted by Crippen LogP contribution is 2.37. The van der Waals surface area contributed by atoms with Crippen molar-refractivity contribution < 1.29 is 18.3 Å². The van der Waals surface area contributed by atoms with Crippen molar-refractivity contribution in [3.05, 3.63) is 94.9 Å². The normalized spacial score (nSPS) is 15.5. The molecule has 1 aliphatic rings. The second-order valence-electron chi connectivity index (χ2n) is 9.07. The van der Waals surface area contributed by atoms with Crippen molar-refractivity contribution in [3.63, 3.8) is 0 Å². The Hall–Kier alpha value is -3.53. The Morgan fingerprint density at radius 3 is 2.49 bits per heavy atom. The second kappa shape index (κ2) is 9.74. The van der Waals surface area contributed by atoms with Gasteiger partial charge in [0.15, 0.2) is 0 Å². The molecule has 0 radical (unpaired) electrons. The number of hydrogen-bond donors (Lipinski definition) is 2. The van der Waals surface area contributed by atoms with E-state index < -0.39 is 15.6 Å². The summed E-state index contributed by atoms with van der Waals surface area (Å²) in [5, 5.41) is 12.3. The summed E-state index contributed by atoms with van der Waals surface area (Å²) >= 11 is 6.29. The zero-order chi connectivity index (χ0) is 26.2. The Morgan fingerprint density at radius 1 is 1.03 bits per heavy atom. The zero-order valence-electron chi connectivity index (χ0n) is 20.1. The molecule has 0 unspecified atom stereocenters. The smallest absolute Gasteiger partial charge is 0.272 e. The SMILES string of the molecule is Cc1nc(C(=O)N2CCC(O)(c3ccccc3Cl)CC2)ccc1NS(=O)(=O)c1cccc2cccnc12. The molecule has 37 heavy (non-hydrogen) atoms. The third-order valence-corrected chi connectivity index (χ3v) is 8.41. The molecule has 3 heterocycles. The van der Waals surface area contributed by atoms with Crippen LogP contribution in [0.15, 0.2) is 77.8 Å². The molecule has 4 aromatic rings. The van der Waals surface area contributed by atoms with E-state index in [-0.39, 0.29) is 22.2 Å². The molecule has 2 aromatic carbocycles. The first-order valence-electron chi connectivity index (χ1n) is 11.8. The van der Waals surface area contributed by atoms with Crippen molar-refractivity contribution in [2.45, 2.75) is 30.3 Å². The van der Waals surface area contributed by atoms with Gasteiger partial charge in [-0.1, -0.05) is 48.0 Å². The number of aromatic nitrogens is 2. The van der Waals surface area contributed by atoms with E-state index >= 15 is 0 Å². The summed E-state index contributed by atoms with van der Waals surface area (Å²) in [7, 11) is -3.95. The fraction of sp³-hybridized carbons (Fsp3) is 0.222. The fourth-order valence-corrected chi connectivity index (χ4v) is 6.24. The number of pyridine rings is 2. The number of halogens is 1. The van der Waals surface area contributed by atoms with Crippen LogP contribution in [0.3, 0.4) is 0 Å². The van der Waals surface area contributed by atoms with Gasteiger partial charge in [-0.25, -0.2) is 13.4 Å². The first kappa shape index (κ1) is 25.1. The maximum atomic E-state index is 13.1. The number of likely N-dealkylation sites (tertiary alicyclic amines) is 1. The summed E-state index contributed by atoms with van der Waals surface area (Å²) in [4.78, 5) is 23.4. The minimum atomic E-state index is -3.95. The van der Waals surface area contributed by atoms with E-state index in [9.17, 15) is 18.3 Å². The summed E-state index contributed by atoms with van der Waals surface area (Å²) in [6.07, 6.45) is 2.24. The van der Waals surface area contributed by atoms with Crippen LogP contribution in [-0.2, 0) is 15.6 Å². The van der Waals surface area contributed by atoms with Gasteiger partial charge in [-0.05, 0) is 50.1 Å². The molecule has 8 nitrogen and oxygen atoms in total. The van der Waals surface area contributed by atoms with Crippen LogP contribution in [0.1, 0.15) is 34.6 Å². The summed E-state index contributed by atoms with van der Waals surface area (Å²) in [5.41, 5.74) is 0.781. The number of nitrogens with zero attached hydrogens (tertiary/aromatic N) is 3. The number of carbonyl (C=O) groups excluding carboxylic acids is 1. The molecule has 190 valence electrons. The van der Waals surface area contributed by atoms with Crippen LogP contribution in [0, 0.1) is 6.92 Å². The van der Waals surface area contributed by atoms with Crippen LogP contribution in [-0.4, -0.2) is 47.4 Å². The highest BCUT2D eigenvalue weighted by molar-refractivity contribution is 7.93. The quantitative estimate of drug-likeness (QED) is 0.388. The molecule has 1 fully saturated rings. The van der Waals surface area contributed by atoms with Crippen LogP contribution in [0.4, 0.5) is 5.69 Å². The van der Waals surface area contributed by atoms with Gasteiger partial charge in [0, 0.05) is 35.3 Å². The number of amides is 1. The maximum absolute atomic E-state index is 13.1. The third-order valence-electron chi connectivity index (χ3n) is 6.69. The van der Waals surface area contributed by atoms with E-state index in [1.165, 1.54) is 18.2 Å². The highest BCUT2D eigenvalue weighted by Gasteiger charge is 2.37. The number of anilines is 1. The molecule has 0 spiro atoms. The average Bonchev–Trinajstić information content (AvgIpc) is 2.89. The molecule has 1 amide bonds. The van der Waals surface area contributed by atoms with Crippen LogP contribution in [0.5, 0.6) is 0 Å². The number of piperidine rings is 1. The van der Waals surface area contributed by atoms with Gasteiger partial charge in [-0.2, -0.15) is 0 Å². The number of aryl methyl sites for hydroxylation is 1. The average molecular weight is 537 g/mol. The first-order chi connectivity index (χ1) is 17.7. The molecule has 0 aliphatic carbocycles. The van der Waals surface area contributed by atoms with Gasteiger partial charge in [0.05, 0.1) is 22.5 Å². The summed E-state index contributed by atoms with van der Waals surface area (Å²) in [5.74, 6) is -0.281. The van der Waals surface area contributed by atoms with Gasteiger partial charge in [0.2, 0.25) is 0 Å². The largest absolute Gasteiger partial charge is 0.385 e. The van der Waals surface area contributed by atoms with Crippen molar-refractivity contribution in [3.8, 4) is 0 Å². The van der Waals surface area contributed by atoms with Crippen molar-refractivity contribution in [2.24, 2.45) is 0 Å². The zero-order valence-corrected chi connectivity index (χ0v) is 21.6. The van der Waals surface area contributed by atoms with E-state index in [4.69, 9.17) is 11.6 Å². The number of sulfonamides is 1. The molecule has 0 saturated carbocycles. The molecular formula is C27H25ClN4O4S. The second-order valence-corrected chi connectivity index (χ2v) is 11.1. The fourth-order valence-electron chi connectivity index (χ4n) is 4.63. The number of benzene rings is 2. The van der Waals surface area contributed by atoms with E-state index in [0.29, 0.717) is 53.1 Å². The monoisotopic (exact) mass is 536 g/mol. The molecule has 1 saturated heterocycles. The summed E-state index contributed by atoms with van der Waals surface area (Å²) in [6.45, 7) is 2.32. The Morgan fingerprint density at radius 2 is 1.76 bits per heavy atom. The van der Waals surface area contributed by atoms with Gasteiger partial charge < -0.3 is 10.0 Å². The third kappa shape index (κ3) is 4.90. The first-order valence-corrected chi connectivity index (χ1v) is 13.6. The number of carbonyl (C=O) groups is 1. The van der Waals surface area contributed by atoms with Gasteiger partial charge in [-0.3, -0.25) is 14.5 Å². The molecule has 5 rings (SSSR count). The maximum Gasteiger partial charge on any atom is 0.272 e. The van der Waals surface area contributed by atoms with Crippen LogP contribution >= 0.6 is 11.6 Å². The molecule has 0 atom stereocenters. The summed E-state index contributed by atoms with van der Waals surface area (Å²) in [6, 6.07) is 18.7. The lowest BCUT2D eigenvalue weighted by Crippen LogP contribution is -2.45. The van der Waals surface area contributed by atoms with Gasteiger partial charge in [0.1, 0.15) is 10.6 Å². The topological polar surface area (TPSA) is 112 Å². The minimum absolute atomic E-state index is 0.0597. The standard InChI is InChI=1S/C27H25ClN4O4S/c1-18-22(31-37(35,36)24-10-4-6-19-7-5-15-29-25(19)24)11-12-23(30-18)26(33)32-16-13-27(34,14-17-32)20-8-2-3-9-21(20)28/h2-12,15,31,34H,13-14,16-17H2,1H3. The lowest BCUT2D eigenvalue weighted by molar-refractivity contribution is -0.0211. The van der Waals surface area contributed by atoms with E-state index in [1.54, 1.807) is 54.4 Å². The Kier molecular flexibility index (Phi) is 6.61. The van der Waals surface area contributed by atoms with Crippen molar-refractivity contribution in [1.29, 1.82) is 0 Å². The Labute approximate surface area is 220 Å². The van der Waals surface area contributed by atoms with Crippen molar-refractivity contribution in [1.82, 2.24) is 14.9 Å². The van der Waals surface area contributed by atoms with E-state index in [1.807, 2.05) is 12.1 Å². The van der Waals surface area contributed by atoms with Crippen LogP contribution in [0.25, 0.3) is 10.9 Å². The van der Waals surface area contributed by atoms with E-state index in [2.05, 4.69) is 14.7 Å². The number of aliphatic hydroxyl groups is 1. The molecule has 2 aromatic heterocycles. The molecule has 10 heteroatoms. The number of rotatable bonds is 5. The lowest BCUT2D eigenvalue weighted by Gasteiger charge is -2.38. The van der Waals surface area contributed by atoms with Gasteiger partial charge >= 0.3 is 0 Å². The number of para-hydroxylation sites is 1. The Balaban J connectivity index is 1.31. The predicted octanol–water partition coefficient (Wildman–Crippen LogP) is 4.52. The van der Waals surface area contributed by atoms with Crippen LogP contribution in [0.2, 0.25) is 5.02 Å². The molecule has 2 N–H and O–H groups in total. The summed E-state index contributed by atoms with van der Waals surface area (Å²) < 4.78 is 28.9. The number of nitrogens with one attached hydrogen (secondary N) is 1. The molecular weight excluding hydrogens is 512 g/mol. The molecule has 0 bridgehead atoms. The van der Waals surface area contributed by atoms with Crippen LogP contribution < -0.4 is 4.72 Å². The number of fused-ring (bicyclic) bond motifs is 1. The lowest BCUT2D eigenvalue weighted by atomic mass is 9.84. The van der Waals surface area contributed by atoms with Gasteiger partial charge in [0.25, 0.3) is 15.9 Å². The van der Waals surface area contributed by atoms with E-state index in [0.717, 1.165) is 0 Å². The minimum Gasteiger partial charge on any atom is -0.385 e. The van der Waals surface area contributed by atoms with Crippen molar-refractivity contribution in [2.75, 3.05) is 17.8 Å².